The van der Waals surface area contributed by atoms with Crippen molar-refractivity contribution in [2.45, 2.75) is 19.9 Å². The Balaban J connectivity index is 1.82. The molecule has 5 heteroatoms. The van der Waals surface area contributed by atoms with Crippen molar-refractivity contribution in [1.29, 1.82) is 0 Å². The molecule has 2 rings (SSSR count). The van der Waals surface area contributed by atoms with Crippen LogP contribution in [0.2, 0.25) is 5.15 Å². The van der Waals surface area contributed by atoms with E-state index >= 15 is 0 Å². The Morgan fingerprint density at radius 3 is 2.76 bits per heavy atom. The fraction of sp³-hybridized carbons (Fsp3) is 0.750. The second-order valence-electron chi connectivity index (χ2n) is 5.03. The fourth-order valence-electron chi connectivity index (χ4n) is 2.47. The summed E-state index contributed by atoms with van der Waals surface area (Å²) >= 11 is 6.18. The molecule has 1 fully saturated rings. The summed E-state index contributed by atoms with van der Waals surface area (Å²) < 4.78 is 1.73. The minimum Gasteiger partial charge on any atom is -0.312 e. The van der Waals surface area contributed by atoms with E-state index in [-0.39, 0.29) is 0 Å². The van der Waals surface area contributed by atoms with Crippen LogP contribution in [0.1, 0.15) is 17.7 Å². The zero-order valence-electron chi connectivity index (χ0n) is 10.8. The number of rotatable bonds is 4. The molecule has 96 valence electrons. The number of hydrogen-bond donors (Lipinski definition) is 1. The third-order valence-electron chi connectivity index (χ3n) is 3.49. The van der Waals surface area contributed by atoms with Gasteiger partial charge in [-0.2, -0.15) is 5.10 Å². The first-order chi connectivity index (χ1) is 8.08. The first-order valence-electron chi connectivity index (χ1n) is 6.15. The van der Waals surface area contributed by atoms with Crippen LogP contribution in [0.15, 0.2) is 0 Å². The Morgan fingerprint density at radius 1 is 1.47 bits per heavy atom. The lowest BCUT2D eigenvalue weighted by atomic mass is 10.1. The summed E-state index contributed by atoms with van der Waals surface area (Å²) in [5, 5.41) is 8.55. The number of nitrogens with one attached hydrogen (secondary N) is 1. The van der Waals surface area contributed by atoms with Gasteiger partial charge < -0.3 is 10.2 Å². The van der Waals surface area contributed by atoms with Gasteiger partial charge in [0.25, 0.3) is 0 Å². The van der Waals surface area contributed by atoms with Crippen LogP contribution in [-0.4, -0.2) is 41.4 Å². The summed E-state index contributed by atoms with van der Waals surface area (Å²) in [5.41, 5.74) is 2.15. The number of halogens is 1. The average molecular weight is 257 g/mol. The predicted octanol–water partition coefficient (Wildman–Crippen LogP) is 1.42. The van der Waals surface area contributed by atoms with Gasteiger partial charge in [0.2, 0.25) is 0 Å². The van der Waals surface area contributed by atoms with Crippen molar-refractivity contribution in [3.63, 3.8) is 0 Å². The standard InChI is InChI=1S/C12H21ClN4/c1-9-11(12(13)17(3)15-9)7-14-6-10-4-5-16(2)8-10/h10,14H,4-8H2,1-3H3. The number of aromatic nitrogens is 2. The predicted molar refractivity (Wildman–Crippen MR) is 70.3 cm³/mol. The maximum Gasteiger partial charge on any atom is 0.131 e. The largest absolute Gasteiger partial charge is 0.312 e. The van der Waals surface area contributed by atoms with E-state index < -0.39 is 0 Å². The number of hydrogen-bond acceptors (Lipinski definition) is 3. The normalized spacial score (nSPS) is 21.3. The van der Waals surface area contributed by atoms with E-state index in [1.165, 1.54) is 19.5 Å². The van der Waals surface area contributed by atoms with Gasteiger partial charge in [-0.15, -0.1) is 0 Å². The SMILES string of the molecule is Cc1nn(C)c(Cl)c1CNCC1CCN(C)C1. The number of aryl methyl sites for hydroxylation is 2. The second kappa shape index (κ2) is 5.38. The van der Waals surface area contributed by atoms with E-state index in [4.69, 9.17) is 11.6 Å². The summed E-state index contributed by atoms with van der Waals surface area (Å²) in [6.45, 7) is 6.31. The van der Waals surface area contributed by atoms with Crippen molar-refractivity contribution in [3.8, 4) is 0 Å². The Labute approximate surface area is 108 Å². The van der Waals surface area contributed by atoms with Gasteiger partial charge in [0, 0.05) is 25.7 Å². The maximum atomic E-state index is 6.18. The molecule has 0 aliphatic carbocycles. The molecule has 1 aromatic rings. The first-order valence-corrected chi connectivity index (χ1v) is 6.53. The van der Waals surface area contributed by atoms with Crippen LogP contribution in [-0.2, 0) is 13.6 Å². The molecule has 2 heterocycles. The van der Waals surface area contributed by atoms with E-state index in [9.17, 15) is 0 Å². The zero-order chi connectivity index (χ0) is 12.4. The van der Waals surface area contributed by atoms with Crippen molar-refractivity contribution < 1.29 is 0 Å². The lowest BCUT2D eigenvalue weighted by Crippen LogP contribution is -2.24. The van der Waals surface area contributed by atoms with Crippen molar-refractivity contribution in [2.24, 2.45) is 13.0 Å². The summed E-state index contributed by atoms with van der Waals surface area (Å²) in [4.78, 5) is 2.38. The minimum absolute atomic E-state index is 0.749. The van der Waals surface area contributed by atoms with E-state index in [1.807, 2.05) is 14.0 Å². The molecule has 0 radical (unpaired) electrons. The van der Waals surface area contributed by atoms with Gasteiger partial charge in [-0.05, 0) is 39.4 Å². The Bertz CT molecular complexity index is 388. The van der Waals surface area contributed by atoms with Crippen LogP contribution in [0.3, 0.4) is 0 Å². The zero-order valence-corrected chi connectivity index (χ0v) is 11.6. The molecule has 1 aliphatic heterocycles. The van der Waals surface area contributed by atoms with Crippen LogP contribution >= 0.6 is 11.6 Å². The van der Waals surface area contributed by atoms with Gasteiger partial charge in [-0.1, -0.05) is 11.6 Å². The van der Waals surface area contributed by atoms with Crippen LogP contribution in [0.25, 0.3) is 0 Å². The van der Waals surface area contributed by atoms with Gasteiger partial charge in [0.1, 0.15) is 5.15 Å². The molecule has 0 bridgehead atoms. The van der Waals surface area contributed by atoms with Crippen LogP contribution in [0.5, 0.6) is 0 Å². The lowest BCUT2D eigenvalue weighted by Gasteiger charge is -2.11. The fourth-order valence-corrected chi connectivity index (χ4v) is 2.71. The van der Waals surface area contributed by atoms with Gasteiger partial charge in [0.05, 0.1) is 5.69 Å². The van der Waals surface area contributed by atoms with Gasteiger partial charge in [-0.3, -0.25) is 4.68 Å². The molecule has 0 aromatic carbocycles. The van der Waals surface area contributed by atoms with E-state index in [0.717, 1.165) is 35.4 Å². The Kier molecular flexibility index (Phi) is 4.07. The highest BCUT2D eigenvalue weighted by atomic mass is 35.5. The van der Waals surface area contributed by atoms with Crippen LogP contribution in [0.4, 0.5) is 0 Å². The van der Waals surface area contributed by atoms with Crippen LogP contribution < -0.4 is 5.32 Å². The van der Waals surface area contributed by atoms with Crippen molar-refractivity contribution >= 4 is 11.6 Å². The summed E-state index contributed by atoms with van der Waals surface area (Å²) in [7, 11) is 4.06. The highest BCUT2D eigenvalue weighted by Crippen LogP contribution is 2.18. The second-order valence-corrected chi connectivity index (χ2v) is 5.38. The van der Waals surface area contributed by atoms with E-state index in [2.05, 4.69) is 22.4 Å². The summed E-state index contributed by atoms with van der Waals surface area (Å²) in [6.07, 6.45) is 1.29. The van der Waals surface area contributed by atoms with Gasteiger partial charge >= 0.3 is 0 Å². The molecule has 1 atom stereocenters. The van der Waals surface area contributed by atoms with Crippen LogP contribution in [0, 0.1) is 12.8 Å². The smallest absolute Gasteiger partial charge is 0.131 e. The molecule has 1 aliphatic rings. The minimum atomic E-state index is 0.749. The quantitative estimate of drug-likeness (QED) is 0.885. The van der Waals surface area contributed by atoms with Gasteiger partial charge in [-0.25, -0.2) is 0 Å². The maximum absolute atomic E-state index is 6.18. The topological polar surface area (TPSA) is 33.1 Å². The number of likely N-dealkylation sites (tertiary alicyclic amines) is 1. The van der Waals surface area contributed by atoms with Crippen molar-refractivity contribution in [1.82, 2.24) is 20.0 Å². The highest BCUT2D eigenvalue weighted by Gasteiger charge is 2.19. The lowest BCUT2D eigenvalue weighted by molar-refractivity contribution is 0.388. The Hall–Kier alpha value is -0.580. The molecule has 0 saturated carbocycles. The molecule has 17 heavy (non-hydrogen) atoms. The van der Waals surface area contributed by atoms with E-state index in [0.29, 0.717) is 0 Å². The molecule has 1 N–H and O–H groups in total. The third kappa shape index (κ3) is 3.00. The highest BCUT2D eigenvalue weighted by molar-refractivity contribution is 6.30. The summed E-state index contributed by atoms with van der Waals surface area (Å²) in [6, 6.07) is 0. The molecule has 4 nitrogen and oxygen atoms in total. The first kappa shape index (κ1) is 12.9. The molecule has 0 amide bonds. The summed E-state index contributed by atoms with van der Waals surface area (Å²) in [5.74, 6) is 0.774. The Morgan fingerprint density at radius 2 is 2.24 bits per heavy atom. The number of nitrogens with zero attached hydrogens (tertiary/aromatic N) is 3. The molecular formula is C12H21ClN4. The molecule has 1 unspecified atom stereocenters. The third-order valence-corrected chi connectivity index (χ3v) is 3.97. The van der Waals surface area contributed by atoms with Crippen molar-refractivity contribution in [2.75, 3.05) is 26.7 Å². The monoisotopic (exact) mass is 256 g/mol. The molecular weight excluding hydrogens is 236 g/mol. The van der Waals surface area contributed by atoms with Crippen molar-refractivity contribution in [3.05, 3.63) is 16.4 Å². The molecule has 0 spiro atoms. The van der Waals surface area contributed by atoms with E-state index in [1.54, 1.807) is 4.68 Å². The molecule has 1 saturated heterocycles. The van der Waals surface area contributed by atoms with Gasteiger partial charge in [0.15, 0.2) is 0 Å². The average Bonchev–Trinajstić information content (AvgIpc) is 2.78. The molecule has 1 aromatic heterocycles.